The molecule has 0 atom stereocenters. The molecule has 6 nitrogen and oxygen atoms in total. The van der Waals surface area contributed by atoms with Crippen molar-refractivity contribution in [1.82, 2.24) is 9.97 Å². The summed E-state index contributed by atoms with van der Waals surface area (Å²) in [6.07, 6.45) is 3.22. The summed E-state index contributed by atoms with van der Waals surface area (Å²) < 4.78 is 2.96. The summed E-state index contributed by atoms with van der Waals surface area (Å²) in [4.78, 5) is 17.7. The van der Waals surface area contributed by atoms with E-state index in [1.807, 2.05) is 71.4 Å². The fourth-order valence-electron chi connectivity index (χ4n) is 3.75. The zero-order valence-corrected chi connectivity index (χ0v) is 31.6. The number of aromatic nitrogens is 2. The largest absolute Gasteiger partial charge is 0.506 e. The van der Waals surface area contributed by atoms with Gasteiger partial charge in [0, 0.05) is 71.5 Å². The van der Waals surface area contributed by atoms with Gasteiger partial charge < -0.3 is 10.2 Å². The van der Waals surface area contributed by atoms with Crippen LogP contribution in [0.2, 0.25) is 0 Å². The first-order chi connectivity index (χ1) is 21.3. The van der Waals surface area contributed by atoms with Crippen LogP contribution < -0.4 is 0 Å². The maximum atomic E-state index is 10.0. The topological polar surface area (TPSA) is 91.0 Å². The molecule has 4 aromatic carbocycles. The van der Waals surface area contributed by atoms with Crippen molar-refractivity contribution in [2.75, 3.05) is 0 Å². The molecule has 0 bridgehead atoms. The monoisotopic (exact) mass is 935 g/mol. The Kier molecular flexibility index (Phi) is 13.3. The number of thiazole rings is 2. The molecule has 0 saturated carbocycles. The Hall–Kier alpha value is -2.48. The zero-order chi connectivity index (χ0) is 31.1. The molecule has 6 rings (SSSR count). The molecule has 0 fully saturated rings. The van der Waals surface area contributed by atoms with E-state index in [0.29, 0.717) is 30.3 Å². The summed E-state index contributed by atoms with van der Waals surface area (Å²) in [6, 6.07) is 27.1. The molecule has 2 aromatic heterocycles. The van der Waals surface area contributed by atoms with Crippen molar-refractivity contribution in [2.24, 2.45) is 9.98 Å². The van der Waals surface area contributed by atoms with E-state index in [1.54, 1.807) is 36.7 Å². The quantitative estimate of drug-likeness (QED) is 0.129. The van der Waals surface area contributed by atoms with E-state index < -0.39 is 0 Å². The first-order valence-electron chi connectivity index (χ1n) is 12.7. The van der Waals surface area contributed by atoms with Crippen LogP contribution in [0.5, 0.6) is 11.5 Å². The summed E-state index contributed by atoms with van der Waals surface area (Å²) in [5.74, 6) is 0.318. The van der Waals surface area contributed by atoms with Gasteiger partial charge in [0.1, 0.15) is 11.5 Å². The van der Waals surface area contributed by atoms with Gasteiger partial charge in [-0.3, -0.25) is 0 Å². The Morgan fingerprint density at radius 3 is 1.33 bits per heavy atom. The Bertz CT molecular complexity index is 1810. The molecule has 0 aliphatic carbocycles. The van der Waals surface area contributed by atoms with Gasteiger partial charge >= 0.3 is 0 Å². The minimum Gasteiger partial charge on any atom is -0.506 e. The van der Waals surface area contributed by atoms with Gasteiger partial charge in [-0.25, -0.2) is 20.0 Å². The fraction of sp³-hybridized carbons (Fsp3) is 0. The van der Waals surface area contributed by atoms with Gasteiger partial charge in [-0.15, -0.1) is 22.7 Å². The molecule has 13 heteroatoms. The minimum atomic E-state index is 0. The van der Waals surface area contributed by atoms with Gasteiger partial charge in [-0.1, -0.05) is 92.5 Å². The van der Waals surface area contributed by atoms with Crippen molar-refractivity contribution in [3.05, 3.63) is 125 Å². The van der Waals surface area contributed by atoms with Crippen LogP contribution in [0.1, 0.15) is 11.1 Å². The number of halogens is 4. The Morgan fingerprint density at radius 2 is 0.956 bits per heavy atom. The third kappa shape index (κ3) is 9.76. The first-order valence-corrected chi connectivity index (χ1v) is 17.7. The van der Waals surface area contributed by atoms with Crippen molar-refractivity contribution in [3.8, 4) is 34.0 Å². The van der Waals surface area contributed by atoms with E-state index >= 15 is 0 Å². The number of phenolic OH excluding ortho intramolecular Hbond substituents is 2. The number of rotatable bonds is 6. The fourth-order valence-corrected chi connectivity index (χ4v) is 7.61. The van der Waals surface area contributed by atoms with Crippen LogP contribution in [0, 0.1) is 0 Å². The van der Waals surface area contributed by atoms with Crippen molar-refractivity contribution in [3.63, 3.8) is 0 Å². The predicted molar refractivity (Wildman–Crippen MR) is 197 cm³/mol. The van der Waals surface area contributed by atoms with Crippen LogP contribution in [0.4, 0.5) is 10.3 Å². The maximum Gasteiger partial charge on any atom is 0.209 e. The number of hydrogen-bond donors (Lipinski definition) is 2. The van der Waals surface area contributed by atoms with Gasteiger partial charge in [0.25, 0.3) is 0 Å². The number of aromatic hydroxyl groups is 2. The second-order valence-electron chi connectivity index (χ2n) is 8.93. The van der Waals surface area contributed by atoms with Gasteiger partial charge in [0.2, 0.25) is 10.3 Å². The van der Waals surface area contributed by atoms with Crippen LogP contribution in [0.15, 0.2) is 124 Å². The molecule has 2 heterocycles. The van der Waals surface area contributed by atoms with Crippen LogP contribution in [0.25, 0.3) is 22.5 Å². The van der Waals surface area contributed by atoms with Crippen LogP contribution >= 0.6 is 86.4 Å². The van der Waals surface area contributed by atoms with Gasteiger partial charge in [0.05, 0.1) is 20.3 Å². The first kappa shape index (κ1) is 35.4. The summed E-state index contributed by atoms with van der Waals surface area (Å²) >= 11 is 16.3. The maximum absolute atomic E-state index is 10.0. The molecular formula is C32H20Br4CuN4O2S2. The Morgan fingerprint density at radius 1 is 0.578 bits per heavy atom. The van der Waals surface area contributed by atoms with Crippen molar-refractivity contribution < 1.29 is 27.3 Å². The molecule has 231 valence electrons. The van der Waals surface area contributed by atoms with E-state index in [-0.39, 0.29) is 28.6 Å². The van der Waals surface area contributed by atoms with E-state index in [1.165, 1.54) is 22.7 Å². The molecule has 6 aromatic rings. The SMILES string of the molecule is Oc1c(Br)cc(Br)cc1/C=N/c1nc(-c2ccccc2)cs1.Oc1c(Br)cc(Br)cc1/C=N/c1nc(-c2ccccc2)cs1.[Cu]. The summed E-state index contributed by atoms with van der Waals surface area (Å²) in [7, 11) is 0. The molecular weight excluding hydrogens is 920 g/mol. The van der Waals surface area contributed by atoms with Gasteiger partial charge in [-0.05, 0) is 56.1 Å². The van der Waals surface area contributed by atoms with Crippen LogP contribution in [-0.2, 0) is 17.1 Å². The number of phenols is 2. The van der Waals surface area contributed by atoms with E-state index in [2.05, 4.69) is 83.7 Å². The predicted octanol–water partition coefficient (Wildman–Crippen LogP) is 11.6. The Labute approximate surface area is 312 Å². The molecule has 0 amide bonds. The van der Waals surface area contributed by atoms with Crippen LogP contribution in [-0.4, -0.2) is 32.6 Å². The van der Waals surface area contributed by atoms with E-state index in [0.717, 1.165) is 31.5 Å². The van der Waals surface area contributed by atoms with E-state index in [9.17, 15) is 10.2 Å². The van der Waals surface area contributed by atoms with Crippen molar-refractivity contribution in [2.45, 2.75) is 0 Å². The average Bonchev–Trinajstić information content (AvgIpc) is 3.71. The van der Waals surface area contributed by atoms with Gasteiger partial charge in [0.15, 0.2) is 0 Å². The normalized spacial score (nSPS) is 10.9. The smallest absolute Gasteiger partial charge is 0.209 e. The molecule has 1 radical (unpaired) electrons. The number of aliphatic imine (C=N–C) groups is 2. The summed E-state index contributed by atoms with van der Waals surface area (Å²) in [5, 5.41) is 25.3. The standard InChI is InChI=1S/2C16H10Br2N2OS.Cu/c2*17-12-6-11(15(21)13(18)7-12)8-19-16-20-14(9-22-16)10-4-2-1-3-5-10;/h2*1-9,21H;/b2*19-8+;. The summed E-state index contributed by atoms with van der Waals surface area (Å²) in [5.41, 5.74) is 5.17. The number of hydrogen-bond acceptors (Lipinski definition) is 8. The molecule has 0 saturated heterocycles. The second-order valence-corrected chi connectivity index (χ2v) is 14.1. The van der Waals surface area contributed by atoms with Crippen LogP contribution in [0.3, 0.4) is 0 Å². The summed E-state index contributed by atoms with van der Waals surface area (Å²) in [6.45, 7) is 0. The van der Waals surface area contributed by atoms with Crippen molar-refractivity contribution in [1.29, 1.82) is 0 Å². The minimum absolute atomic E-state index is 0. The van der Waals surface area contributed by atoms with E-state index in [4.69, 9.17) is 0 Å². The molecule has 0 aliphatic rings. The number of nitrogens with zero attached hydrogens (tertiary/aromatic N) is 4. The number of benzene rings is 4. The zero-order valence-electron chi connectivity index (χ0n) is 22.7. The molecule has 2 N–H and O–H groups in total. The second kappa shape index (κ2) is 16.9. The third-order valence-corrected chi connectivity index (χ3v) is 9.49. The van der Waals surface area contributed by atoms with Gasteiger partial charge in [-0.2, -0.15) is 0 Å². The molecule has 0 aliphatic heterocycles. The third-order valence-electron chi connectivity index (χ3n) is 5.87. The Balaban J connectivity index is 0.000000200. The average molecular weight is 940 g/mol. The molecule has 45 heavy (non-hydrogen) atoms. The van der Waals surface area contributed by atoms with Crippen molar-refractivity contribution >= 4 is 109 Å². The molecule has 0 unspecified atom stereocenters. The molecule has 0 spiro atoms.